The molecule has 21 heavy (non-hydrogen) atoms. The van der Waals surface area contributed by atoms with E-state index in [1.807, 2.05) is 24.3 Å². The van der Waals surface area contributed by atoms with Gasteiger partial charge in [0.15, 0.2) is 0 Å². The number of furan rings is 1. The number of nitrogens with one attached hydrogen (secondary N) is 1. The SMILES string of the molecule is O=[N+]([O-])c1cc(NCc2coc3ccccc23)ccc1Cl. The second kappa shape index (κ2) is 5.46. The van der Waals surface area contributed by atoms with Crippen molar-refractivity contribution in [2.45, 2.75) is 6.54 Å². The molecule has 2 aromatic carbocycles. The number of halogens is 1. The van der Waals surface area contributed by atoms with Gasteiger partial charge < -0.3 is 9.73 Å². The zero-order valence-electron chi connectivity index (χ0n) is 10.9. The fraction of sp³-hybridized carbons (Fsp3) is 0.0667. The standard InChI is InChI=1S/C15H11ClN2O3/c16-13-6-5-11(7-14(13)18(19)20)17-8-10-9-21-15-4-2-1-3-12(10)15/h1-7,9,17H,8H2. The van der Waals surface area contributed by atoms with Crippen molar-refractivity contribution in [3.05, 3.63) is 69.4 Å². The Kier molecular flexibility index (Phi) is 3.50. The molecule has 106 valence electrons. The second-order valence-electron chi connectivity index (χ2n) is 4.53. The zero-order valence-corrected chi connectivity index (χ0v) is 11.6. The largest absolute Gasteiger partial charge is 0.464 e. The number of hydrogen-bond donors (Lipinski definition) is 1. The number of nitro benzene ring substituents is 1. The van der Waals surface area contributed by atoms with Gasteiger partial charge in [-0.15, -0.1) is 0 Å². The van der Waals surface area contributed by atoms with Crippen LogP contribution in [0.3, 0.4) is 0 Å². The number of para-hydroxylation sites is 1. The van der Waals surface area contributed by atoms with Crippen molar-refractivity contribution in [2.75, 3.05) is 5.32 Å². The summed E-state index contributed by atoms with van der Waals surface area (Å²) >= 11 is 5.78. The molecule has 1 N–H and O–H groups in total. The third-order valence-electron chi connectivity index (χ3n) is 3.19. The fourth-order valence-electron chi connectivity index (χ4n) is 2.13. The molecule has 0 bridgehead atoms. The lowest BCUT2D eigenvalue weighted by molar-refractivity contribution is -0.384. The van der Waals surface area contributed by atoms with Crippen molar-refractivity contribution in [1.82, 2.24) is 0 Å². The lowest BCUT2D eigenvalue weighted by atomic mass is 10.2. The average molecular weight is 303 g/mol. The first-order valence-corrected chi connectivity index (χ1v) is 6.66. The van der Waals surface area contributed by atoms with Gasteiger partial charge in [-0.2, -0.15) is 0 Å². The first kappa shape index (κ1) is 13.5. The van der Waals surface area contributed by atoms with Crippen molar-refractivity contribution >= 4 is 33.9 Å². The highest BCUT2D eigenvalue weighted by Crippen LogP contribution is 2.28. The molecule has 5 nitrogen and oxygen atoms in total. The average Bonchev–Trinajstić information content (AvgIpc) is 2.89. The van der Waals surface area contributed by atoms with Crippen LogP contribution in [-0.2, 0) is 6.54 Å². The minimum Gasteiger partial charge on any atom is -0.464 e. The Balaban J connectivity index is 1.82. The number of nitro groups is 1. The van der Waals surface area contributed by atoms with Crippen molar-refractivity contribution < 1.29 is 9.34 Å². The molecular weight excluding hydrogens is 292 g/mol. The molecule has 0 unspecified atom stereocenters. The van der Waals surface area contributed by atoms with Gasteiger partial charge in [-0.3, -0.25) is 10.1 Å². The third kappa shape index (κ3) is 2.68. The molecule has 1 aromatic heterocycles. The normalized spacial score (nSPS) is 10.7. The Hall–Kier alpha value is -2.53. The van der Waals surface area contributed by atoms with Crippen LogP contribution < -0.4 is 5.32 Å². The van der Waals surface area contributed by atoms with E-state index in [4.69, 9.17) is 16.0 Å². The van der Waals surface area contributed by atoms with E-state index in [9.17, 15) is 10.1 Å². The van der Waals surface area contributed by atoms with E-state index in [1.165, 1.54) is 12.1 Å². The molecule has 0 spiro atoms. The number of hydrogen-bond acceptors (Lipinski definition) is 4. The summed E-state index contributed by atoms with van der Waals surface area (Å²) in [5, 5.41) is 15.1. The van der Waals surface area contributed by atoms with E-state index in [0.29, 0.717) is 12.2 Å². The van der Waals surface area contributed by atoms with Crippen LogP contribution >= 0.6 is 11.6 Å². The van der Waals surface area contributed by atoms with Crippen molar-refractivity contribution in [2.24, 2.45) is 0 Å². The van der Waals surface area contributed by atoms with Crippen molar-refractivity contribution in [3.8, 4) is 0 Å². The van der Waals surface area contributed by atoms with Gasteiger partial charge in [0.1, 0.15) is 10.6 Å². The summed E-state index contributed by atoms with van der Waals surface area (Å²) in [4.78, 5) is 10.4. The van der Waals surface area contributed by atoms with Gasteiger partial charge in [0.05, 0.1) is 11.2 Å². The van der Waals surface area contributed by atoms with Gasteiger partial charge in [0.2, 0.25) is 0 Å². The lowest BCUT2D eigenvalue weighted by Crippen LogP contribution is -1.99. The predicted molar refractivity (Wildman–Crippen MR) is 81.6 cm³/mol. The molecule has 6 heteroatoms. The van der Waals surface area contributed by atoms with Crippen LogP contribution in [0.2, 0.25) is 5.02 Å². The first-order valence-electron chi connectivity index (χ1n) is 6.28. The maximum Gasteiger partial charge on any atom is 0.289 e. The minimum absolute atomic E-state index is 0.112. The van der Waals surface area contributed by atoms with E-state index in [0.717, 1.165) is 16.5 Å². The summed E-state index contributed by atoms with van der Waals surface area (Å²) in [7, 11) is 0. The van der Waals surface area contributed by atoms with Gasteiger partial charge >= 0.3 is 0 Å². The molecule has 0 atom stereocenters. The zero-order chi connectivity index (χ0) is 14.8. The van der Waals surface area contributed by atoms with Gasteiger partial charge in [0.25, 0.3) is 5.69 Å². The Morgan fingerprint density at radius 3 is 2.86 bits per heavy atom. The number of anilines is 1. The molecule has 0 amide bonds. The molecule has 0 aliphatic carbocycles. The summed E-state index contributed by atoms with van der Waals surface area (Å²) < 4.78 is 5.45. The van der Waals surface area contributed by atoms with Crippen molar-refractivity contribution in [1.29, 1.82) is 0 Å². The summed E-state index contributed by atoms with van der Waals surface area (Å²) in [6, 6.07) is 12.4. The highest BCUT2D eigenvalue weighted by molar-refractivity contribution is 6.32. The van der Waals surface area contributed by atoms with E-state index >= 15 is 0 Å². The second-order valence-corrected chi connectivity index (χ2v) is 4.94. The van der Waals surface area contributed by atoms with Crippen LogP contribution in [-0.4, -0.2) is 4.92 Å². The Labute approximate surface area is 125 Å². The molecule has 0 radical (unpaired) electrons. The number of fused-ring (bicyclic) bond motifs is 1. The smallest absolute Gasteiger partial charge is 0.289 e. The van der Waals surface area contributed by atoms with Crippen molar-refractivity contribution in [3.63, 3.8) is 0 Å². The number of nitrogens with zero attached hydrogens (tertiary/aromatic N) is 1. The maximum atomic E-state index is 10.9. The molecule has 0 saturated carbocycles. The summed E-state index contributed by atoms with van der Waals surface area (Å²) in [6.07, 6.45) is 1.68. The monoisotopic (exact) mass is 302 g/mol. The maximum absolute atomic E-state index is 10.9. The molecule has 3 aromatic rings. The molecule has 1 heterocycles. The van der Waals surface area contributed by atoms with Crippen LogP contribution in [0.25, 0.3) is 11.0 Å². The van der Waals surface area contributed by atoms with E-state index < -0.39 is 4.92 Å². The van der Waals surface area contributed by atoms with E-state index in [-0.39, 0.29) is 10.7 Å². The molecule has 0 aliphatic heterocycles. The molecular formula is C15H11ClN2O3. The van der Waals surface area contributed by atoms with Gasteiger partial charge in [-0.25, -0.2) is 0 Å². The fourth-order valence-corrected chi connectivity index (χ4v) is 2.32. The van der Waals surface area contributed by atoms with Gasteiger partial charge in [-0.05, 0) is 18.2 Å². The highest BCUT2D eigenvalue weighted by Gasteiger charge is 2.13. The van der Waals surface area contributed by atoms with Gasteiger partial charge in [-0.1, -0.05) is 29.8 Å². The summed E-state index contributed by atoms with van der Waals surface area (Å²) in [6.45, 7) is 0.510. The molecule has 3 rings (SSSR count). The van der Waals surface area contributed by atoms with E-state index in [2.05, 4.69) is 5.32 Å². The number of benzene rings is 2. The Morgan fingerprint density at radius 2 is 2.05 bits per heavy atom. The van der Waals surface area contributed by atoms with Gasteiger partial charge in [0, 0.05) is 29.2 Å². The summed E-state index contributed by atoms with van der Waals surface area (Å²) in [5.74, 6) is 0. The topological polar surface area (TPSA) is 68.3 Å². The van der Waals surface area contributed by atoms with Crippen LogP contribution in [0.5, 0.6) is 0 Å². The lowest BCUT2D eigenvalue weighted by Gasteiger charge is -2.05. The predicted octanol–water partition coefficient (Wildman–Crippen LogP) is 4.61. The summed E-state index contributed by atoms with van der Waals surface area (Å²) in [5.41, 5.74) is 2.33. The van der Waals surface area contributed by atoms with Crippen LogP contribution in [0.1, 0.15) is 5.56 Å². The molecule has 0 aliphatic rings. The quantitative estimate of drug-likeness (QED) is 0.564. The Morgan fingerprint density at radius 1 is 1.24 bits per heavy atom. The number of rotatable bonds is 4. The third-order valence-corrected chi connectivity index (χ3v) is 3.51. The molecule has 0 fully saturated rings. The highest BCUT2D eigenvalue weighted by atomic mass is 35.5. The minimum atomic E-state index is -0.499. The Bertz CT molecular complexity index is 814. The van der Waals surface area contributed by atoms with Crippen LogP contribution in [0, 0.1) is 10.1 Å². The van der Waals surface area contributed by atoms with Crippen LogP contribution in [0.15, 0.2) is 53.1 Å². The van der Waals surface area contributed by atoms with Crippen LogP contribution in [0.4, 0.5) is 11.4 Å². The van der Waals surface area contributed by atoms with E-state index in [1.54, 1.807) is 12.3 Å². The molecule has 0 saturated heterocycles. The first-order chi connectivity index (χ1) is 10.1.